The van der Waals surface area contributed by atoms with Crippen molar-refractivity contribution in [1.29, 1.82) is 0 Å². The van der Waals surface area contributed by atoms with E-state index in [2.05, 4.69) is 20.7 Å². The number of amides is 3. The van der Waals surface area contributed by atoms with Gasteiger partial charge in [0.15, 0.2) is 17.2 Å². The first-order chi connectivity index (χ1) is 16.8. The predicted octanol–water partition coefficient (Wildman–Crippen LogP) is 2.24. The number of alkyl carbamates (subject to hydrolysis) is 1. The lowest BCUT2D eigenvalue weighted by Gasteiger charge is -2.47. The van der Waals surface area contributed by atoms with E-state index in [-0.39, 0.29) is 19.7 Å². The number of carbonyl (C=O) groups excluding carboxylic acids is 2. The highest BCUT2D eigenvalue weighted by Crippen LogP contribution is 2.24. The minimum absolute atomic E-state index is 0.00158. The highest BCUT2D eigenvalue weighted by Gasteiger charge is 2.53. The molecule has 0 spiro atoms. The molecule has 3 aromatic rings. The molecule has 0 unspecified atom stereocenters. The number of pyridine rings is 1. The first-order valence-corrected chi connectivity index (χ1v) is 10.7. The minimum Gasteiger partial charge on any atom is -0.465 e. The van der Waals surface area contributed by atoms with E-state index in [1.807, 2.05) is 6.07 Å². The van der Waals surface area contributed by atoms with Gasteiger partial charge in [0.2, 0.25) is 5.91 Å². The van der Waals surface area contributed by atoms with Crippen LogP contribution in [0.15, 0.2) is 61.1 Å². The molecule has 4 rings (SSSR count). The van der Waals surface area contributed by atoms with Crippen molar-refractivity contribution in [3.8, 4) is 5.82 Å². The maximum atomic E-state index is 13.2. The van der Waals surface area contributed by atoms with Gasteiger partial charge in [-0.15, -0.1) is 0 Å². The lowest BCUT2D eigenvalue weighted by Crippen LogP contribution is -2.77. The summed E-state index contributed by atoms with van der Waals surface area (Å²) in [6, 6.07) is 11.8. The molecule has 182 valence electrons. The molecule has 2 aromatic heterocycles. The molecule has 1 atom stereocenters. The monoisotopic (exact) mass is 482 g/mol. The third-order valence-electron chi connectivity index (χ3n) is 5.58. The number of carboxylic acid groups (broad SMARTS) is 1. The van der Waals surface area contributed by atoms with Gasteiger partial charge in [0.1, 0.15) is 6.61 Å². The molecule has 12 heteroatoms. The molecule has 0 radical (unpaired) electrons. The number of rotatable bonds is 7. The van der Waals surface area contributed by atoms with Gasteiger partial charge in [0.25, 0.3) is 0 Å². The summed E-state index contributed by atoms with van der Waals surface area (Å²) in [4.78, 5) is 42.1. The van der Waals surface area contributed by atoms with Crippen LogP contribution in [0.2, 0.25) is 0 Å². The molecule has 1 saturated heterocycles. The molecular formula is C23H23FN6O5. The van der Waals surface area contributed by atoms with Gasteiger partial charge >= 0.3 is 12.2 Å². The lowest BCUT2D eigenvalue weighted by molar-refractivity contribution is -0.134. The highest BCUT2D eigenvalue weighted by molar-refractivity contribution is 5.93. The van der Waals surface area contributed by atoms with E-state index in [1.54, 1.807) is 43.3 Å². The molecule has 0 bridgehead atoms. The molecule has 0 saturated carbocycles. The molecule has 0 aliphatic carbocycles. The van der Waals surface area contributed by atoms with Crippen molar-refractivity contribution < 1.29 is 28.6 Å². The van der Waals surface area contributed by atoms with Crippen LogP contribution in [-0.2, 0) is 16.1 Å². The summed E-state index contributed by atoms with van der Waals surface area (Å²) >= 11 is 0. The molecule has 1 aromatic carbocycles. The number of aromatic nitrogens is 3. The molecule has 1 fully saturated rings. The summed E-state index contributed by atoms with van der Waals surface area (Å²) in [5, 5.41) is 18.4. The quantitative estimate of drug-likeness (QED) is 0.469. The summed E-state index contributed by atoms with van der Waals surface area (Å²) in [6.45, 7) is 1.28. The fraction of sp³-hybridized carbons (Fsp3) is 0.261. The van der Waals surface area contributed by atoms with Crippen LogP contribution in [0, 0.1) is 5.82 Å². The lowest BCUT2D eigenvalue weighted by atomic mass is 9.88. The number of likely N-dealkylation sites (tertiary alicyclic amines) is 1. The van der Waals surface area contributed by atoms with Crippen molar-refractivity contribution in [2.45, 2.75) is 25.1 Å². The number of nitrogens with zero attached hydrogens (tertiary/aromatic N) is 4. The van der Waals surface area contributed by atoms with Gasteiger partial charge in [-0.05, 0) is 24.1 Å². The van der Waals surface area contributed by atoms with Crippen molar-refractivity contribution >= 4 is 18.1 Å². The normalized spacial score (nSPS) is 15.0. The molecule has 3 amide bonds. The SMILES string of the molecule is C[C@H](NC(=O)C1(NC(=O)OCc2ccccc2)CN(C(=O)O)C1)c1ccc(-n2cc(F)cn2)nc1. The zero-order valence-electron chi connectivity index (χ0n) is 18.7. The van der Waals surface area contributed by atoms with Crippen LogP contribution in [0.25, 0.3) is 5.82 Å². The summed E-state index contributed by atoms with van der Waals surface area (Å²) in [7, 11) is 0. The summed E-state index contributed by atoms with van der Waals surface area (Å²) in [5.41, 5.74) is -0.0595. The fourth-order valence-corrected chi connectivity index (χ4v) is 3.61. The first-order valence-electron chi connectivity index (χ1n) is 10.7. The van der Waals surface area contributed by atoms with Gasteiger partial charge in [-0.1, -0.05) is 36.4 Å². The number of hydrogen-bond acceptors (Lipinski definition) is 6. The van der Waals surface area contributed by atoms with E-state index < -0.39 is 35.5 Å². The molecule has 3 N–H and O–H groups in total. The Morgan fingerprint density at radius 1 is 1.17 bits per heavy atom. The Labute approximate surface area is 199 Å². The highest BCUT2D eigenvalue weighted by atomic mass is 19.1. The second kappa shape index (κ2) is 9.79. The van der Waals surface area contributed by atoms with Gasteiger partial charge in [-0.25, -0.2) is 23.6 Å². The van der Waals surface area contributed by atoms with Crippen LogP contribution in [0.5, 0.6) is 0 Å². The van der Waals surface area contributed by atoms with Crippen molar-refractivity contribution in [2.75, 3.05) is 13.1 Å². The third-order valence-corrected chi connectivity index (χ3v) is 5.58. The van der Waals surface area contributed by atoms with Crippen LogP contribution < -0.4 is 10.6 Å². The zero-order valence-corrected chi connectivity index (χ0v) is 18.7. The largest absolute Gasteiger partial charge is 0.465 e. The van der Waals surface area contributed by atoms with Crippen LogP contribution in [-0.4, -0.2) is 61.5 Å². The smallest absolute Gasteiger partial charge is 0.408 e. The molecule has 11 nitrogen and oxygen atoms in total. The van der Waals surface area contributed by atoms with Gasteiger partial charge < -0.3 is 25.4 Å². The maximum Gasteiger partial charge on any atom is 0.408 e. The fourth-order valence-electron chi connectivity index (χ4n) is 3.61. The van der Waals surface area contributed by atoms with Gasteiger partial charge in [0.05, 0.1) is 31.5 Å². The Morgan fingerprint density at radius 2 is 1.91 bits per heavy atom. The van der Waals surface area contributed by atoms with Crippen molar-refractivity contribution in [1.82, 2.24) is 30.3 Å². The Kier molecular flexibility index (Phi) is 6.62. The molecular weight excluding hydrogens is 459 g/mol. The second-order valence-electron chi connectivity index (χ2n) is 8.16. The molecule has 35 heavy (non-hydrogen) atoms. The van der Waals surface area contributed by atoms with E-state index >= 15 is 0 Å². The van der Waals surface area contributed by atoms with Gasteiger partial charge in [-0.3, -0.25) is 4.79 Å². The molecule has 1 aliphatic rings. The number of nitrogens with one attached hydrogen (secondary N) is 2. The Hall–Kier alpha value is -4.48. The van der Waals surface area contributed by atoms with E-state index in [4.69, 9.17) is 4.74 Å². The van der Waals surface area contributed by atoms with E-state index in [0.29, 0.717) is 11.4 Å². The van der Waals surface area contributed by atoms with Crippen molar-refractivity contribution in [3.05, 3.63) is 78.0 Å². The van der Waals surface area contributed by atoms with Crippen LogP contribution >= 0.6 is 0 Å². The Morgan fingerprint density at radius 3 is 2.51 bits per heavy atom. The van der Waals surface area contributed by atoms with Crippen LogP contribution in [0.1, 0.15) is 24.1 Å². The Balaban J connectivity index is 1.40. The molecule has 1 aliphatic heterocycles. The average molecular weight is 482 g/mol. The summed E-state index contributed by atoms with van der Waals surface area (Å²) in [5.74, 6) is -0.656. The minimum atomic E-state index is -1.47. The topological polar surface area (TPSA) is 139 Å². The number of benzene rings is 1. The van der Waals surface area contributed by atoms with Gasteiger partial charge in [0, 0.05) is 6.20 Å². The average Bonchev–Trinajstić information content (AvgIpc) is 3.26. The zero-order chi connectivity index (χ0) is 25.0. The van der Waals surface area contributed by atoms with Crippen molar-refractivity contribution in [3.63, 3.8) is 0 Å². The second-order valence-corrected chi connectivity index (χ2v) is 8.16. The summed E-state index contributed by atoms with van der Waals surface area (Å²) in [6.07, 6.45) is 1.73. The number of carbonyl (C=O) groups is 3. The number of halogens is 1. The predicted molar refractivity (Wildman–Crippen MR) is 120 cm³/mol. The number of ether oxygens (including phenoxy) is 1. The van der Waals surface area contributed by atoms with E-state index in [1.165, 1.54) is 17.1 Å². The standard InChI is InChI=1S/C23H23FN6O5/c1-15(17-7-8-19(25-9-17)30-11-18(24)10-26-30)27-20(31)23(13-29(14-23)22(33)34)28-21(32)35-12-16-5-3-2-4-6-16/h2-11,15H,12-14H2,1H3,(H,27,31)(H,28,32)(H,33,34)/t15-/m0/s1. The Bertz CT molecular complexity index is 1210. The molecule has 3 heterocycles. The van der Waals surface area contributed by atoms with E-state index in [0.717, 1.165) is 16.7 Å². The first kappa shape index (κ1) is 23.7. The third kappa shape index (κ3) is 5.37. The summed E-state index contributed by atoms with van der Waals surface area (Å²) < 4.78 is 19.7. The van der Waals surface area contributed by atoms with Gasteiger partial charge in [-0.2, -0.15) is 5.10 Å². The van der Waals surface area contributed by atoms with Crippen LogP contribution in [0.3, 0.4) is 0 Å². The maximum absolute atomic E-state index is 13.2. The number of hydrogen-bond donors (Lipinski definition) is 3. The van der Waals surface area contributed by atoms with Crippen LogP contribution in [0.4, 0.5) is 14.0 Å². The van der Waals surface area contributed by atoms with E-state index in [9.17, 15) is 23.9 Å². The van der Waals surface area contributed by atoms with Crippen molar-refractivity contribution in [2.24, 2.45) is 0 Å².